The van der Waals surface area contributed by atoms with Crippen molar-refractivity contribution >= 4 is 24.2 Å². The predicted octanol–water partition coefficient (Wildman–Crippen LogP) is 2.50. The van der Waals surface area contributed by atoms with Gasteiger partial charge in [0.25, 0.3) is 11.8 Å². The lowest BCUT2D eigenvalue weighted by atomic mass is 9.54. The predicted molar refractivity (Wildman–Crippen MR) is 135 cm³/mol. The van der Waals surface area contributed by atoms with Crippen LogP contribution in [0.2, 0.25) is 0 Å². The molecule has 0 aliphatic heterocycles. The lowest BCUT2D eigenvalue weighted by Gasteiger charge is -2.54. The van der Waals surface area contributed by atoms with Crippen LogP contribution in [0, 0.1) is 29.6 Å². The van der Waals surface area contributed by atoms with Crippen LogP contribution in [0.1, 0.15) is 56.3 Å². The molecule has 4 aliphatic rings. The lowest BCUT2D eigenvalue weighted by molar-refractivity contribution is -0.120. The van der Waals surface area contributed by atoms with Gasteiger partial charge < -0.3 is 25.8 Å². The largest absolute Gasteiger partial charge is 0.491 e. The fourth-order valence-corrected chi connectivity index (χ4v) is 6.16. The highest BCUT2D eigenvalue weighted by atomic mass is 35.5. The molecule has 4 fully saturated rings. The molecule has 1 heterocycles. The zero-order chi connectivity index (χ0) is 24.2. The van der Waals surface area contributed by atoms with Crippen LogP contribution in [0.15, 0.2) is 18.0 Å². The van der Waals surface area contributed by atoms with Gasteiger partial charge in [0, 0.05) is 19.1 Å². The number of allylic oxidation sites excluding steroid dienone is 1. The molecule has 2 amide bonds. The number of rotatable bonds is 11. The molecule has 4 saturated carbocycles. The average molecular weight is 510 g/mol. The first-order valence-corrected chi connectivity index (χ1v) is 12.6. The lowest BCUT2D eigenvalue weighted by Crippen LogP contribution is -2.55. The number of hydrogen-bond donors (Lipinski definition) is 3. The molecular weight excluding hydrogens is 470 g/mol. The molecule has 0 radical (unpaired) electrons. The molecule has 1 aromatic rings. The Morgan fingerprint density at radius 2 is 1.86 bits per heavy atom. The van der Waals surface area contributed by atoms with E-state index >= 15 is 0 Å². The van der Waals surface area contributed by atoms with Crippen LogP contribution in [0.25, 0.3) is 0 Å². The molecule has 10 heteroatoms. The van der Waals surface area contributed by atoms with Gasteiger partial charge in [-0.3, -0.25) is 9.59 Å². The smallest absolute Gasteiger partial charge is 0.286 e. The van der Waals surface area contributed by atoms with Gasteiger partial charge in [0.2, 0.25) is 5.88 Å². The minimum absolute atomic E-state index is 0. The number of amides is 2. The molecule has 4 bridgehead atoms. The van der Waals surface area contributed by atoms with Crippen molar-refractivity contribution in [3.8, 4) is 5.88 Å². The first-order valence-electron chi connectivity index (χ1n) is 12.6. The van der Waals surface area contributed by atoms with Crippen LogP contribution < -0.4 is 21.1 Å². The number of nitrogens with two attached hydrogens (primary N) is 1. The normalized spacial score (nSPS) is 26.9. The first kappa shape index (κ1) is 27.3. The van der Waals surface area contributed by atoms with Gasteiger partial charge in [-0.1, -0.05) is 13.8 Å². The molecule has 0 saturated heterocycles. The van der Waals surface area contributed by atoms with Crippen LogP contribution in [0.5, 0.6) is 5.88 Å². The van der Waals surface area contributed by atoms with E-state index < -0.39 is 0 Å². The Bertz CT molecular complexity index is 888. The summed E-state index contributed by atoms with van der Waals surface area (Å²) >= 11 is 0. The van der Waals surface area contributed by atoms with E-state index in [1.807, 2.05) is 0 Å². The third-order valence-electron chi connectivity index (χ3n) is 7.44. The number of hydrogen-bond acceptors (Lipinski definition) is 6. The van der Waals surface area contributed by atoms with E-state index in [0.717, 1.165) is 11.8 Å². The highest BCUT2D eigenvalue weighted by Gasteiger charge is 2.48. The fourth-order valence-electron chi connectivity index (χ4n) is 6.16. The molecule has 5 rings (SSSR count). The third-order valence-corrected chi connectivity index (χ3v) is 7.44. The summed E-state index contributed by atoms with van der Waals surface area (Å²) in [5.41, 5.74) is 5.89. The van der Waals surface area contributed by atoms with E-state index in [-0.39, 0.29) is 48.5 Å². The molecule has 1 aromatic heterocycles. The molecule has 0 atom stereocenters. The van der Waals surface area contributed by atoms with Gasteiger partial charge in [-0.2, -0.15) is 5.10 Å². The summed E-state index contributed by atoms with van der Waals surface area (Å²) in [6.45, 7) is 5.51. The van der Waals surface area contributed by atoms with Crippen molar-refractivity contribution in [3.05, 3.63) is 23.6 Å². The summed E-state index contributed by atoms with van der Waals surface area (Å²) in [4.78, 5) is 25.6. The highest BCUT2D eigenvalue weighted by Crippen LogP contribution is 2.53. The number of halogens is 1. The number of aromatic nitrogens is 2. The molecule has 0 spiro atoms. The van der Waals surface area contributed by atoms with Gasteiger partial charge in [-0.15, -0.1) is 12.4 Å². The van der Waals surface area contributed by atoms with Crippen LogP contribution in [0.3, 0.4) is 0 Å². The van der Waals surface area contributed by atoms with Crippen LogP contribution in [-0.2, 0) is 16.1 Å². The summed E-state index contributed by atoms with van der Waals surface area (Å²) in [5, 5.41) is 10.4. The third kappa shape index (κ3) is 6.30. The number of carbonyl (C=O) groups is 2. The maximum Gasteiger partial charge on any atom is 0.286 e. The topological polar surface area (TPSA) is 121 Å². The minimum Gasteiger partial charge on any atom is -0.491 e. The van der Waals surface area contributed by atoms with Crippen LogP contribution in [-0.4, -0.2) is 54.4 Å². The number of methoxy groups -OCH3 is 1. The second-order valence-electron chi connectivity index (χ2n) is 10.5. The van der Waals surface area contributed by atoms with Crippen molar-refractivity contribution in [3.63, 3.8) is 0 Å². The van der Waals surface area contributed by atoms with E-state index in [1.165, 1.54) is 39.2 Å². The summed E-state index contributed by atoms with van der Waals surface area (Å²) in [6, 6.07) is 0.243. The van der Waals surface area contributed by atoms with Crippen molar-refractivity contribution in [1.29, 1.82) is 0 Å². The summed E-state index contributed by atoms with van der Waals surface area (Å²) in [6.07, 6.45) is 9.54. The Morgan fingerprint density at radius 1 is 1.20 bits per heavy atom. The maximum absolute atomic E-state index is 13.4. The fraction of sp³-hybridized carbons (Fsp3) is 0.720. The van der Waals surface area contributed by atoms with E-state index in [0.29, 0.717) is 43.0 Å². The molecule has 9 nitrogen and oxygen atoms in total. The van der Waals surface area contributed by atoms with Gasteiger partial charge in [0.15, 0.2) is 5.76 Å². The quantitative estimate of drug-likeness (QED) is 0.311. The van der Waals surface area contributed by atoms with Crippen molar-refractivity contribution in [2.75, 3.05) is 26.8 Å². The van der Waals surface area contributed by atoms with E-state index in [2.05, 4.69) is 29.6 Å². The second-order valence-corrected chi connectivity index (χ2v) is 10.5. The molecule has 4 N–H and O–H groups in total. The Labute approximate surface area is 214 Å². The average Bonchev–Trinajstić information content (AvgIpc) is 3.21. The van der Waals surface area contributed by atoms with Crippen LogP contribution in [0.4, 0.5) is 0 Å². The number of ether oxygens (including phenoxy) is 2. The van der Waals surface area contributed by atoms with Gasteiger partial charge >= 0.3 is 0 Å². The second kappa shape index (κ2) is 12.1. The number of nitrogens with one attached hydrogen (secondary N) is 2. The number of carbonyl (C=O) groups excluding carboxylic acids is 2. The van der Waals surface area contributed by atoms with Crippen molar-refractivity contribution in [2.45, 2.75) is 58.5 Å². The molecule has 4 aliphatic carbocycles. The number of nitrogens with zero attached hydrogens (tertiary/aromatic N) is 2. The Hall–Kier alpha value is -2.26. The molecule has 196 valence electrons. The van der Waals surface area contributed by atoms with Crippen molar-refractivity contribution in [2.24, 2.45) is 35.3 Å². The Morgan fingerprint density at radius 3 is 2.43 bits per heavy atom. The SMILES string of the molecule is CO/C(=C\Cn1ncc(C(=O)NC2C3CC4CC(C3)CC2C4)c1OCC(C)C)C(=O)NCCN.Cl. The highest BCUT2D eigenvalue weighted by molar-refractivity contribution is 5.96. The van der Waals surface area contributed by atoms with Gasteiger partial charge in [-0.05, 0) is 67.8 Å². The summed E-state index contributed by atoms with van der Waals surface area (Å²) in [5.74, 6) is 3.30. The zero-order valence-electron chi connectivity index (χ0n) is 21.0. The molecule has 0 aromatic carbocycles. The summed E-state index contributed by atoms with van der Waals surface area (Å²) < 4.78 is 12.9. The molecule has 0 unspecified atom stereocenters. The standard InChI is InChI=1S/C25H39N5O4.ClH/c1-15(2)14-34-25-20(13-28-30(25)7-4-21(33-3)24(32)27-6-5-26)23(31)29-22-18-9-16-8-17(11-18)12-19(22)10-16;/h4,13,15-19,22H,5-12,14,26H2,1-3H3,(H,27,32)(H,29,31);1H/b21-4-;. The van der Waals surface area contributed by atoms with E-state index in [1.54, 1.807) is 17.0 Å². The maximum atomic E-state index is 13.4. The van der Waals surface area contributed by atoms with Crippen LogP contribution >= 0.6 is 12.4 Å². The van der Waals surface area contributed by atoms with Gasteiger partial charge in [0.1, 0.15) is 5.56 Å². The van der Waals surface area contributed by atoms with E-state index in [9.17, 15) is 9.59 Å². The molecular formula is C25H40ClN5O4. The van der Waals surface area contributed by atoms with E-state index in [4.69, 9.17) is 15.2 Å². The Balaban J connectivity index is 0.00000342. The van der Waals surface area contributed by atoms with Crippen molar-refractivity contribution < 1.29 is 19.1 Å². The monoisotopic (exact) mass is 509 g/mol. The Kier molecular flexibility index (Phi) is 9.47. The zero-order valence-corrected chi connectivity index (χ0v) is 21.8. The van der Waals surface area contributed by atoms with Crippen molar-refractivity contribution in [1.82, 2.24) is 20.4 Å². The first-order chi connectivity index (χ1) is 16.4. The van der Waals surface area contributed by atoms with Gasteiger partial charge in [-0.25, -0.2) is 4.68 Å². The minimum atomic E-state index is -0.343. The summed E-state index contributed by atoms with van der Waals surface area (Å²) in [7, 11) is 1.44. The molecule has 35 heavy (non-hydrogen) atoms. The van der Waals surface area contributed by atoms with Gasteiger partial charge in [0.05, 0.1) is 26.5 Å².